The van der Waals surface area contributed by atoms with Gasteiger partial charge in [0.1, 0.15) is 0 Å². The summed E-state index contributed by atoms with van der Waals surface area (Å²) >= 11 is 3.21. The molecular weight excluding hydrogens is 279 g/mol. The second kappa shape index (κ2) is 7.25. The first-order chi connectivity index (χ1) is 6.65. The third-order valence-electron chi connectivity index (χ3n) is 2.75. The molecule has 0 unspecified atom stereocenters. The summed E-state index contributed by atoms with van der Waals surface area (Å²) in [5.41, 5.74) is 5.61. The predicted octanol–water partition coefficient (Wildman–Crippen LogP) is 1.81. The topological polar surface area (TPSA) is 55.1 Å². The number of hydrogen-bond acceptors (Lipinski definition) is 2. The van der Waals surface area contributed by atoms with Crippen LogP contribution >= 0.6 is 28.3 Å². The first-order valence-corrected chi connectivity index (χ1v) is 5.75. The van der Waals surface area contributed by atoms with Crippen molar-refractivity contribution >= 4 is 34.2 Å². The molecule has 2 atom stereocenters. The molecule has 1 aliphatic rings. The third-order valence-corrected chi connectivity index (χ3v) is 3.03. The molecular formula is C10H18BrClN2O. The molecule has 1 rings (SSSR count). The lowest BCUT2D eigenvalue weighted by atomic mass is 9.95. The van der Waals surface area contributed by atoms with Gasteiger partial charge in [0.05, 0.1) is 0 Å². The monoisotopic (exact) mass is 296 g/mol. The highest BCUT2D eigenvalue weighted by Gasteiger charge is 2.31. The van der Waals surface area contributed by atoms with E-state index < -0.39 is 0 Å². The molecule has 0 aromatic heterocycles. The zero-order valence-corrected chi connectivity index (χ0v) is 11.1. The van der Waals surface area contributed by atoms with Crippen LogP contribution in [0, 0.1) is 11.8 Å². The van der Waals surface area contributed by atoms with Crippen LogP contribution in [0.25, 0.3) is 0 Å². The van der Waals surface area contributed by atoms with E-state index >= 15 is 0 Å². The van der Waals surface area contributed by atoms with Gasteiger partial charge in [-0.05, 0) is 25.3 Å². The van der Waals surface area contributed by atoms with E-state index in [-0.39, 0.29) is 24.2 Å². The van der Waals surface area contributed by atoms with Crippen molar-refractivity contribution in [2.45, 2.75) is 19.3 Å². The van der Waals surface area contributed by atoms with Crippen LogP contribution in [0.3, 0.4) is 0 Å². The minimum absolute atomic E-state index is 0. The highest BCUT2D eigenvalue weighted by atomic mass is 79.9. The van der Waals surface area contributed by atoms with E-state index in [0.29, 0.717) is 19.0 Å². The Hall–Kier alpha value is -0.0600. The maximum Gasteiger partial charge on any atom is 0.223 e. The van der Waals surface area contributed by atoms with Crippen molar-refractivity contribution < 1.29 is 4.79 Å². The lowest BCUT2D eigenvalue weighted by Gasteiger charge is -2.16. The number of rotatable bonds is 4. The zero-order valence-electron chi connectivity index (χ0n) is 8.67. The van der Waals surface area contributed by atoms with Crippen LogP contribution in [0.4, 0.5) is 0 Å². The summed E-state index contributed by atoms with van der Waals surface area (Å²) < 4.78 is 0.799. The summed E-state index contributed by atoms with van der Waals surface area (Å²) in [4.78, 5) is 11.7. The number of nitrogens with two attached hydrogens (primary N) is 1. The maximum absolute atomic E-state index is 11.7. The van der Waals surface area contributed by atoms with Crippen molar-refractivity contribution in [1.82, 2.24) is 5.32 Å². The molecule has 15 heavy (non-hydrogen) atoms. The van der Waals surface area contributed by atoms with Crippen LogP contribution in [-0.2, 0) is 4.79 Å². The molecule has 3 N–H and O–H groups in total. The van der Waals surface area contributed by atoms with E-state index in [0.717, 1.165) is 23.7 Å². The van der Waals surface area contributed by atoms with Crippen molar-refractivity contribution in [3.63, 3.8) is 0 Å². The summed E-state index contributed by atoms with van der Waals surface area (Å²) in [6.45, 7) is 4.80. The van der Waals surface area contributed by atoms with Crippen molar-refractivity contribution in [2.24, 2.45) is 17.6 Å². The molecule has 0 saturated heterocycles. The predicted molar refractivity (Wildman–Crippen MR) is 68.2 cm³/mol. The Morgan fingerprint density at radius 3 is 2.73 bits per heavy atom. The largest absolute Gasteiger partial charge is 0.351 e. The van der Waals surface area contributed by atoms with Gasteiger partial charge in [-0.3, -0.25) is 4.79 Å². The van der Waals surface area contributed by atoms with Gasteiger partial charge in [0.25, 0.3) is 0 Å². The SMILES string of the molecule is C=C(Br)CNC(=O)[C@@H]1CCC[C@@H]1CN.Cl. The van der Waals surface area contributed by atoms with Crippen LogP contribution in [0.2, 0.25) is 0 Å². The minimum atomic E-state index is 0. The summed E-state index contributed by atoms with van der Waals surface area (Å²) in [5.74, 6) is 0.615. The van der Waals surface area contributed by atoms with Crippen LogP contribution in [-0.4, -0.2) is 19.0 Å². The van der Waals surface area contributed by atoms with Crippen LogP contribution in [0.15, 0.2) is 11.1 Å². The quantitative estimate of drug-likeness (QED) is 0.831. The van der Waals surface area contributed by atoms with Gasteiger partial charge in [0.15, 0.2) is 0 Å². The van der Waals surface area contributed by atoms with E-state index in [1.165, 1.54) is 0 Å². The van der Waals surface area contributed by atoms with E-state index in [9.17, 15) is 4.79 Å². The van der Waals surface area contributed by atoms with Crippen molar-refractivity contribution in [1.29, 1.82) is 0 Å². The van der Waals surface area contributed by atoms with E-state index in [4.69, 9.17) is 5.73 Å². The molecule has 0 aliphatic heterocycles. The maximum atomic E-state index is 11.7. The fourth-order valence-electron chi connectivity index (χ4n) is 1.98. The lowest BCUT2D eigenvalue weighted by molar-refractivity contribution is -0.125. The Morgan fingerprint density at radius 1 is 1.53 bits per heavy atom. The highest BCUT2D eigenvalue weighted by Crippen LogP contribution is 2.30. The second-order valence-corrected chi connectivity index (χ2v) is 4.89. The number of carbonyl (C=O) groups is 1. The normalized spacial score (nSPS) is 24.4. The van der Waals surface area contributed by atoms with Gasteiger partial charge in [0.2, 0.25) is 5.91 Å². The molecule has 0 spiro atoms. The molecule has 3 nitrogen and oxygen atoms in total. The fraction of sp³-hybridized carbons (Fsp3) is 0.700. The van der Waals surface area contributed by atoms with Crippen LogP contribution < -0.4 is 11.1 Å². The Kier molecular flexibility index (Phi) is 7.22. The smallest absolute Gasteiger partial charge is 0.223 e. The van der Waals surface area contributed by atoms with Crippen molar-refractivity contribution in [3.05, 3.63) is 11.1 Å². The van der Waals surface area contributed by atoms with Gasteiger partial charge in [-0.25, -0.2) is 0 Å². The summed E-state index contributed by atoms with van der Waals surface area (Å²) in [6.07, 6.45) is 3.18. The molecule has 88 valence electrons. The third kappa shape index (κ3) is 4.53. The Labute approximate surface area is 105 Å². The molecule has 1 fully saturated rings. The first-order valence-electron chi connectivity index (χ1n) is 4.96. The lowest BCUT2D eigenvalue weighted by Crippen LogP contribution is -2.35. The van der Waals surface area contributed by atoms with Gasteiger partial charge in [-0.2, -0.15) is 0 Å². The fourth-order valence-corrected chi connectivity index (χ4v) is 2.12. The molecule has 5 heteroatoms. The summed E-state index contributed by atoms with van der Waals surface area (Å²) in [6, 6.07) is 0. The number of nitrogens with one attached hydrogen (secondary N) is 1. The van der Waals surface area contributed by atoms with Gasteiger partial charge < -0.3 is 11.1 Å². The molecule has 1 amide bonds. The molecule has 0 aromatic rings. The number of hydrogen-bond donors (Lipinski definition) is 2. The second-order valence-electron chi connectivity index (χ2n) is 3.77. The average molecular weight is 298 g/mol. The summed E-state index contributed by atoms with van der Waals surface area (Å²) in [7, 11) is 0. The number of halogens is 2. The standard InChI is InChI=1S/C10H17BrN2O.ClH/c1-7(11)6-13-10(14)9-4-2-3-8(9)5-12;/h8-9H,1-6,12H2,(H,13,14);1H/t8-,9-;/m1./s1. The minimum Gasteiger partial charge on any atom is -0.351 e. The number of carbonyl (C=O) groups excluding carboxylic acids is 1. The summed E-state index contributed by atoms with van der Waals surface area (Å²) in [5, 5.41) is 2.85. The average Bonchev–Trinajstić information content (AvgIpc) is 2.61. The molecule has 0 radical (unpaired) electrons. The molecule has 0 bridgehead atoms. The molecule has 0 aromatic carbocycles. The van der Waals surface area contributed by atoms with E-state index in [1.807, 2.05) is 0 Å². The Morgan fingerprint density at radius 2 is 2.20 bits per heavy atom. The van der Waals surface area contributed by atoms with Crippen LogP contribution in [0.1, 0.15) is 19.3 Å². The van der Waals surface area contributed by atoms with E-state index in [1.54, 1.807) is 0 Å². The van der Waals surface area contributed by atoms with Crippen molar-refractivity contribution in [3.8, 4) is 0 Å². The number of amides is 1. The zero-order chi connectivity index (χ0) is 10.6. The molecule has 0 heterocycles. The Balaban J connectivity index is 0.00000196. The first kappa shape index (κ1) is 14.9. The van der Waals surface area contributed by atoms with Crippen molar-refractivity contribution in [2.75, 3.05) is 13.1 Å². The van der Waals surface area contributed by atoms with Gasteiger partial charge in [0, 0.05) is 16.9 Å². The van der Waals surface area contributed by atoms with Gasteiger partial charge in [-0.1, -0.05) is 28.9 Å². The Bertz CT molecular complexity index is 235. The van der Waals surface area contributed by atoms with Crippen LogP contribution in [0.5, 0.6) is 0 Å². The highest BCUT2D eigenvalue weighted by molar-refractivity contribution is 9.11. The molecule has 1 saturated carbocycles. The van der Waals surface area contributed by atoms with Gasteiger partial charge in [-0.15, -0.1) is 12.4 Å². The van der Waals surface area contributed by atoms with E-state index in [2.05, 4.69) is 27.8 Å². The van der Waals surface area contributed by atoms with Gasteiger partial charge >= 0.3 is 0 Å². The molecule has 1 aliphatic carbocycles.